The maximum atomic E-state index is 10.8. The number of aliphatic hydroxyl groups is 1. The zero-order valence-corrected chi connectivity index (χ0v) is 12.4. The van der Waals surface area contributed by atoms with Crippen LogP contribution in [-0.4, -0.2) is 5.11 Å². The predicted molar refractivity (Wildman–Crippen MR) is 86.2 cm³/mol. The average Bonchev–Trinajstić information content (AvgIpc) is 2.91. The number of rotatable bonds is 4. The highest BCUT2D eigenvalue weighted by molar-refractivity contribution is 7.19. The van der Waals surface area contributed by atoms with Crippen LogP contribution in [0.4, 0.5) is 0 Å². The van der Waals surface area contributed by atoms with Gasteiger partial charge < -0.3 is 5.11 Å². The average molecular weight is 282 g/mol. The lowest BCUT2D eigenvalue weighted by Gasteiger charge is -2.21. The molecule has 2 aromatic carbocycles. The molecule has 0 saturated carbocycles. The first kappa shape index (κ1) is 13.3. The Labute approximate surface area is 123 Å². The van der Waals surface area contributed by atoms with E-state index in [0.29, 0.717) is 0 Å². The first-order valence-electron chi connectivity index (χ1n) is 6.90. The van der Waals surface area contributed by atoms with E-state index in [2.05, 4.69) is 30.3 Å². The fourth-order valence-electron chi connectivity index (χ4n) is 2.40. The smallest absolute Gasteiger partial charge is 0.0963 e. The van der Waals surface area contributed by atoms with Crippen molar-refractivity contribution in [1.82, 2.24) is 0 Å². The number of thiophene rings is 1. The highest BCUT2D eigenvalue weighted by Crippen LogP contribution is 2.35. The molecule has 1 aromatic heterocycles. The van der Waals surface area contributed by atoms with Crippen molar-refractivity contribution in [1.29, 1.82) is 0 Å². The normalized spacial score (nSPS) is 14.3. The summed E-state index contributed by atoms with van der Waals surface area (Å²) in [5.74, 6) is 0. The molecular formula is C18H18OS. The molecule has 20 heavy (non-hydrogen) atoms. The van der Waals surface area contributed by atoms with E-state index in [9.17, 15) is 5.11 Å². The third kappa shape index (κ3) is 2.77. The number of hydrogen-bond acceptors (Lipinski definition) is 2. The van der Waals surface area contributed by atoms with Crippen molar-refractivity contribution >= 4 is 21.4 Å². The summed E-state index contributed by atoms with van der Waals surface area (Å²) in [4.78, 5) is 1.05. The standard InChI is InChI=1S/C18H18OS/c1-18(19,12-11-14-7-3-2-4-8-14)17-13-15-9-5-6-10-16(15)20-17/h2-10,13,19H,11-12H2,1H3. The van der Waals surface area contributed by atoms with Crippen molar-refractivity contribution in [3.8, 4) is 0 Å². The van der Waals surface area contributed by atoms with E-state index in [4.69, 9.17) is 0 Å². The summed E-state index contributed by atoms with van der Waals surface area (Å²) >= 11 is 1.69. The van der Waals surface area contributed by atoms with Crippen molar-refractivity contribution in [2.75, 3.05) is 0 Å². The SMILES string of the molecule is CC(O)(CCc1ccccc1)c1cc2ccccc2s1. The molecule has 1 atom stereocenters. The summed E-state index contributed by atoms with van der Waals surface area (Å²) in [6.45, 7) is 1.92. The molecule has 3 rings (SSSR count). The quantitative estimate of drug-likeness (QED) is 0.732. The molecule has 1 nitrogen and oxygen atoms in total. The van der Waals surface area contributed by atoms with Crippen LogP contribution in [0.5, 0.6) is 0 Å². The Balaban J connectivity index is 1.80. The first-order valence-corrected chi connectivity index (χ1v) is 7.72. The minimum atomic E-state index is -0.764. The van der Waals surface area contributed by atoms with Gasteiger partial charge in [-0.3, -0.25) is 0 Å². The van der Waals surface area contributed by atoms with Crippen molar-refractivity contribution in [2.24, 2.45) is 0 Å². The molecule has 1 unspecified atom stereocenters. The van der Waals surface area contributed by atoms with Crippen LogP contribution < -0.4 is 0 Å². The predicted octanol–water partition coefficient (Wildman–Crippen LogP) is 4.74. The van der Waals surface area contributed by atoms with Gasteiger partial charge in [-0.15, -0.1) is 11.3 Å². The van der Waals surface area contributed by atoms with E-state index in [1.165, 1.54) is 15.6 Å². The van der Waals surface area contributed by atoms with Crippen LogP contribution in [-0.2, 0) is 12.0 Å². The fraction of sp³-hybridized carbons (Fsp3) is 0.222. The molecule has 2 heteroatoms. The Kier molecular flexibility index (Phi) is 3.60. The Morgan fingerprint density at radius 1 is 1.00 bits per heavy atom. The van der Waals surface area contributed by atoms with E-state index >= 15 is 0 Å². The minimum Gasteiger partial charge on any atom is -0.385 e. The van der Waals surface area contributed by atoms with E-state index in [-0.39, 0.29) is 0 Å². The van der Waals surface area contributed by atoms with E-state index < -0.39 is 5.60 Å². The molecular weight excluding hydrogens is 264 g/mol. The van der Waals surface area contributed by atoms with Crippen molar-refractivity contribution in [2.45, 2.75) is 25.4 Å². The molecule has 0 aliphatic heterocycles. The van der Waals surface area contributed by atoms with Gasteiger partial charge in [0.1, 0.15) is 0 Å². The van der Waals surface area contributed by atoms with E-state index in [0.717, 1.165) is 17.7 Å². The summed E-state index contributed by atoms with van der Waals surface area (Å²) in [6.07, 6.45) is 1.63. The Hall–Kier alpha value is -1.64. The number of aryl methyl sites for hydroxylation is 1. The maximum Gasteiger partial charge on any atom is 0.0963 e. The van der Waals surface area contributed by atoms with Crippen molar-refractivity contribution in [3.63, 3.8) is 0 Å². The van der Waals surface area contributed by atoms with Crippen LogP contribution in [0, 0.1) is 0 Å². The Morgan fingerprint density at radius 3 is 2.45 bits per heavy atom. The van der Waals surface area contributed by atoms with Crippen LogP contribution in [0.2, 0.25) is 0 Å². The molecule has 0 spiro atoms. The van der Waals surface area contributed by atoms with Gasteiger partial charge in [0, 0.05) is 9.58 Å². The van der Waals surface area contributed by atoms with E-state index in [1.54, 1.807) is 11.3 Å². The minimum absolute atomic E-state index is 0.740. The maximum absolute atomic E-state index is 10.8. The summed E-state index contributed by atoms with van der Waals surface area (Å²) in [7, 11) is 0. The third-order valence-electron chi connectivity index (χ3n) is 3.70. The largest absolute Gasteiger partial charge is 0.385 e. The summed E-state index contributed by atoms with van der Waals surface area (Å²) < 4.78 is 1.24. The van der Waals surface area contributed by atoms with Crippen LogP contribution >= 0.6 is 11.3 Å². The van der Waals surface area contributed by atoms with Gasteiger partial charge >= 0.3 is 0 Å². The number of hydrogen-bond donors (Lipinski definition) is 1. The fourth-order valence-corrected chi connectivity index (χ4v) is 3.54. The van der Waals surface area contributed by atoms with Gasteiger partial charge in [0.25, 0.3) is 0 Å². The third-order valence-corrected chi connectivity index (χ3v) is 5.07. The summed E-state index contributed by atoms with van der Waals surface area (Å²) in [5.41, 5.74) is 0.508. The second-order valence-electron chi connectivity index (χ2n) is 5.41. The Bertz CT molecular complexity index is 665. The Morgan fingerprint density at radius 2 is 1.70 bits per heavy atom. The summed E-state index contributed by atoms with van der Waals surface area (Å²) in [6, 6.07) is 20.7. The van der Waals surface area contributed by atoms with Gasteiger partial charge in [-0.25, -0.2) is 0 Å². The number of fused-ring (bicyclic) bond motifs is 1. The molecule has 0 bridgehead atoms. The first-order chi connectivity index (χ1) is 9.65. The van der Waals surface area contributed by atoms with Gasteiger partial charge in [-0.1, -0.05) is 48.5 Å². The molecule has 0 amide bonds. The molecule has 0 aliphatic carbocycles. The highest BCUT2D eigenvalue weighted by atomic mass is 32.1. The van der Waals surface area contributed by atoms with Crippen LogP contribution in [0.25, 0.3) is 10.1 Å². The van der Waals surface area contributed by atoms with Crippen LogP contribution in [0.1, 0.15) is 23.8 Å². The second-order valence-corrected chi connectivity index (χ2v) is 6.49. The van der Waals surface area contributed by atoms with Gasteiger partial charge in [0.2, 0.25) is 0 Å². The van der Waals surface area contributed by atoms with E-state index in [1.807, 2.05) is 37.3 Å². The molecule has 1 N–H and O–H groups in total. The van der Waals surface area contributed by atoms with Crippen molar-refractivity contribution < 1.29 is 5.11 Å². The van der Waals surface area contributed by atoms with Gasteiger partial charge in [-0.05, 0) is 42.8 Å². The number of benzene rings is 2. The lowest BCUT2D eigenvalue weighted by molar-refractivity contribution is 0.0519. The zero-order valence-electron chi connectivity index (χ0n) is 11.5. The van der Waals surface area contributed by atoms with Crippen LogP contribution in [0.15, 0.2) is 60.7 Å². The molecule has 1 heterocycles. The highest BCUT2D eigenvalue weighted by Gasteiger charge is 2.25. The van der Waals surface area contributed by atoms with Gasteiger partial charge in [-0.2, -0.15) is 0 Å². The van der Waals surface area contributed by atoms with Crippen LogP contribution in [0.3, 0.4) is 0 Å². The molecule has 0 saturated heterocycles. The zero-order chi connectivity index (χ0) is 14.0. The second kappa shape index (κ2) is 5.39. The van der Waals surface area contributed by atoms with Crippen molar-refractivity contribution in [3.05, 3.63) is 71.1 Å². The molecule has 0 radical (unpaired) electrons. The lowest BCUT2D eigenvalue weighted by atomic mass is 9.95. The van der Waals surface area contributed by atoms with Gasteiger partial charge in [0.15, 0.2) is 0 Å². The molecule has 0 fully saturated rings. The lowest BCUT2D eigenvalue weighted by Crippen LogP contribution is -2.20. The summed E-state index contributed by atoms with van der Waals surface area (Å²) in [5, 5.41) is 12.0. The molecule has 102 valence electrons. The molecule has 0 aliphatic rings. The molecule has 3 aromatic rings. The topological polar surface area (TPSA) is 20.2 Å². The van der Waals surface area contributed by atoms with Gasteiger partial charge in [0.05, 0.1) is 5.60 Å². The monoisotopic (exact) mass is 282 g/mol.